The highest BCUT2D eigenvalue weighted by molar-refractivity contribution is 9.10. The van der Waals surface area contributed by atoms with Crippen LogP contribution in [0, 0.1) is 0 Å². The monoisotopic (exact) mass is 334 g/mol. The summed E-state index contributed by atoms with van der Waals surface area (Å²) in [5.74, 6) is 0. The maximum Gasteiger partial charge on any atom is 0.242 e. The Hall–Kier alpha value is -0.590. The molecule has 0 aliphatic heterocycles. The first-order chi connectivity index (χ1) is 8.24. The van der Waals surface area contributed by atoms with Crippen LogP contribution < -0.4 is 10.5 Å². The van der Waals surface area contributed by atoms with Crippen molar-refractivity contribution >= 4 is 31.6 Å². The molecular weight excluding hydrogens is 316 g/mol. The van der Waals surface area contributed by atoms with Crippen LogP contribution in [0.15, 0.2) is 27.6 Å². The Bertz CT molecular complexity index is 525. The van der Waals surface area contributed by atoms with E-state index in [4.69, 9.17) is 5.73 Å². The largest absolute Gasteiger partial charge is 0.399 e. The number of hydrogen-bond donors (Lipinski definition) is 2. The zero-order valence-corrected chi connectivity index (χ0v) is 13.2. The van der Waals surface area contributed by atoms with Crippen molar-refractivity contribution in [2.45, 2.75) is 44.0 Å². The zero-order valence-electron chi connectivity index (χ0n) is 10.8. The van der Waals surface area contributed by atoms with Gasteiger partial charge in [0.1, 0.15) is 0 Å². The third-order valence-electron chi connectivity index (χ3n) is 3.19. The van der Waals surface area contributed by atoms with E-state index in [9.17, 15) is 8.42 Å². The van der Waals surface area contributed by atoms with Crippen LogP contribution in [0.5, 0.6) is 0 Å². The summed E-state index contributed by atoms with van der Waals surface area (Å²) < 4.78 is 27.9. The predicted octanol–water partition coefficient (Wildman–Crippen LogP) is 2.89. The Morgan fingerprint density at radius 1 is 1.33 bits per heavy atom. The minimum atomic E-state index is -3.57. The molecule has 18 heavy (non-hydrogen) atoms. The lowest BCUT2D eigenvalue weighted by atomic mass is 9.98. The summed E-state index contributed by atoms with van der Waals surface area (Å²) in [6.07, 6.45) is 1.45. The van der Waals surface area contributed by atoms with Gasteiger partial charge in [0.05, 0.1) is 4.90 Å². The average molecular weight is 335 g/mol. The quantitative estimate of drug-likeness (QED) is 0.813. The molecule has 1 rings (SSSR count). The Kier molecular flexibility index (Phi) is 4.80. The summed E-state index contributed by atoms with van der Waals surface area (Å²) in [4.78, 5) is 0.177. The van der Waals surface area contributed by atoms with Crippen LogP contribution in [0.4, 0.5) is 5.69 Å². The van der Waals surface area contributed by atoms with Gasteiger partial charge in [-0.25, -0.2) is 13.1 Å². The van der Waals surface area contributed by atoms with Gasteiger partial charge in [0.25, 0.3) is 0 Å². The second-order valence-corrected chi connectivity index (χ2v) is 7.07. The SMILES string of the molecule is CCC(C)(CC)NS(=O)(=O)c1cc(N)ccc1Br. The maximum atomic E-state index is 12.3. The van der Waals surface area contributed by atoms with Crippen molar-refractivity contribution in [3.8, 4) is 0 Å². The standard InChI is InChI=1S/C12H19BrN2O2S/c1-4-12(3,5-2)15-18(16,17)11-8-9(14)6-7-10(11)13/h6-8,15H,4-5,14H2,1-3H3. The maximum absolute atomic E-state index is 12.3. The smallest absolute Gasteiger partial charge is 0.242 e. The number of rotatable bonds is 5. The summed E-state index contributed by atoms with van der Waals surface area (Å²) in [6.45, 7) is 5.81. The molecule has 0 saturated carbocycles. The fraction of sp³-hybridized carbons (Fsp3) is 0.500. The lowest BCUT2D eigenvalue weighted by molar-refractivity contribution is 0.388. The van der Waals surface area contributed by atoms with E-state index in [1.54, 1.807) is 12.1 Å². The summed E-state index contributed by atoms with van der Waals surface area (Å²) in [5, 5.41) is 0. The number of nitrogens with one attached hydrogen (secondary N) is 1. The van der Waals surface area contributed by atoms with Gasteiger partial charge >= 0.3 is 0 Å². The Balaban J connectivity index is 3.18. The van der Waals surface area contributed by atoms with Crippen molar-refractivity contribution in [1.82, 2.24) is 4.72 Å². The van der Waals surface area contributed by atoms with E-state index in [0.717, 1.165) is 12.8 Å². The van der Waals surface area contributed by atoms with Crippen LogP contribution in [0.2, 0.25) is 0 Å². The number of benzene rings is 1. The van der Waals surface area contributed by atoms with Crippen molar-refractivity contribution in [2.75, 3.05) is 5.73 Å². The van der Waals surface area contributed by atoms with Crippen molar-refractivity contribution in [1.29, 1.82) is 0 Å². The van der Waals surface area contributed by atoms with E-state index in [0.29, 0.717) is 10.2 Å². The third kappa shape index (κ3) is 3.46. The van der Waals surface area contributed by atoms with Gasteiger partial charge in [-0.1, -0.05) is 13.8 Å². The molecule has 1 aromatic carbocycles. The molecule has 0 atom stereocenters. The van der Waals surface area contributed by atoms with Crippen molar-refractivity contribution in [3.05, 3.63) is 22.7 Å². The Labute approximate surface area is 117 Å². The molecule has 0 aliphatic carbocycles. The first kappa shape index (κ1) is 15.5. The van der Waals surface area contributed by atoms with Crippen LogP contribution in [-0.4, -0.2) is 14.0 Å². The molecule has 0 heterocycles. The highest BCUT2D eigenvalue weighted by Crippen LogP contribution is 2.26. The number of nitrogens with two attached hydrogens (primary N) is 1. The Morgan fingerprint density at radius 2 is 1.89 bits per heavy atom. The molecule has 4 nitrogen and oxygen atoms in total. The second-order valence-electron chi connectivity index (χ2n) is 4.56. The van der Waals surface area contributed by atoms with Crippen LogP contribution >= 0.6 is 15.9 Å². The molecule has 0 fully saturated rings. The van der Waals surface area contributed by atoms with E-state index < -0.39 is 15.6 Å². The highest BCUT2D eigenvalue weighted by Gasteiger charge is 2.28. The number of nitrogen functional groups attached to an aromatic ring is 1. The van der Waals surface area contributed by atoms with E-state index >= 15 is 0 Å². The Morgan fingerprint density at radius 3 is 2.39 bits per heavy atom. The van der Waals surface area contributed by atoms with Crippen molar-refractivity contribution < 1.29 is 8.42 Å². The summed E-state index contributed by atoms with van der Waals surface area (Å²) in [7, 11) is -3.57. The minimum absolute atomic E-state index is 0.177. The fourth-order valence-electron chi connectivity index (χ4n) is 1.50. The number of anilines is 1. The van der Waals surface area contributed by atoms with Gasteiger partial charge in [-0.15, -0.1) is 0 Å². The average Bonchev–Trinajstić information content (AvgIpc) is 2.31. The second kappa shape index (κ2) is 5.59. The number of halogens is 1. The van der Waals surface area contributed by atoms with Gasteiger partial charge in [0, 0.05) is 15.7 Å². The number of sulfonamides is 1. The van der Waals surface area contributed by atoms with E-state index in [1.807, 2.05) is 20.8 Å². The molecule has 1 aromatic rings. The van der Waals surface area contributed by atoms with Gasteiger partial charge in [-0.2, -0.15) is 0 Å². The lowest BCUT2D eigenvalue weighted by Gasteiger charge is -2.28. The molecule has 6 heteroatoms. The molecule has 0 radical (unpaired) electrons. The van der Waals surface area contributed by atoms with Crippen LogP contribution in [0.1, 0.15) is 33.6 Å². The van der Waals surface area contributed by atoms with E-state index in [-0.39, 0.29) is 4.90 Å². The van der Waals surface area contributed by atoms with Crippen LogP contribution in [-0.2, 0) is 10.0 Å². The molecule has 102 valence electrons. The predicted molar refractivity (Wildman–Crippen MR) is 77.9 cm³/mol. The number of hydrogen-bond acceptors (Lipinski definition) is 3. The van der Waals surface area contributed by atoms with Gasteiger partial charge in [-0.3, -0.25) is 0 Å². The molecular formula is C12H19BrN2O2S. The van der Waals surface area contributed by atoms with Gasteiger partial charge in [0.2, 0.25) is 10.0 Å². The van der Waals surface area contributed by atoms with E-state index in [2.05, 4.69) is 20.7 Å². The molecule has 0 unspecified atom stereocenters. The molecule has 0 amide bonds. The van der Waals surface area contributed by atoms with Gasteiger partial charge < -0.3 is 5.73 Å². The zero-order chi connectivity index (χ0) is 14.0. The van der Waals surface area contributed by atoms with Crippen molar-refractivity contribution in [2.24, 2.45) is 0 Å². The molecule has 0 aliphatic rings. The minimum Gasteiger partial charge on any atom is -0.399 e. The molecule has 3 N–H and O–H groups in total. The van der Waals surface area contributed by atoms with Crippen molar-refractivity contribution in [3.63, 3.8) is 0 Å². The summed E-state index contributed by atoms with van der Waals surface area (Å²) in [5.41, 5.74) is 5.62. The third-order valence-corrected chi connectivity index (χ3v) is 5.82. The van der Waals surface area contributed by atoms with Gasteiger partial charge in [-0.05, 0) is 53.9 Å². The fourth-order valence-corrected chi connectivity index (χ4v) is 4.05. The first-order valence-electron chi connectivity index (χ1n) is 5.83. The van der Waals surface area contributed by atoms with Crippen LogP contribution in [0.3, 0.4) is 0 Å². The summed E-state index contributed by atoms with van der Waals surface area (Å²) >= 11 is 3.24. The van der Waals surface area contributed by atoms with Crippen LogP contribution in [0.25, 0.3) is 0 Å². The molecule has 0 bridgehead atoms. The summed E-state index contributed by atoms with van der Waals surface area (Å²) in [6, 6.07) is 4.75. The lowest BCUT2D eigenvalue weighted by Crippen LogP contribution is -2.44. The molecule has 0 saturated heterocycles. The van der Waals surface area contributed by atoms with E-state index in [1.165, 1.54) is 6.07 Å². The normalized spacial score (nSPS) is 12.7. The van der Waals surface area contributed by atoms with Gasteiger partial charge in [0.15, 0.2) is 0 Å². The molecule has 0 aromatic heterocycles. The first-order valence-corrected chi connectivity index (χ1v) is 8.10. The highest BCUT2D eigenvalue weighted by atomic mass is 79.9. The molecule has 0 spiro atoms. The topological polar surface area (TPSA) is 72.2 Å².